The lowest BCUT2D eigenvalue weighted by molar-refractivity contribution is 0.0994. The molecule has 1 aliphatic carbocycles. The maximum Gasteiger partial charge on any atom is 0.0593 e. The molecule has 0 saturated heterocycles. The van der Waals surface area contributed by atoms with Gasteiger partial charge in [-0.2, -0.15) is 0 Å². The molecule has 1 aliphatic rings. The second kappa shape index (κ2) is 8.04. The summed E-state index contributed by atoms with van der Waals surface area (Å²) in [5.41, 5.74) is 5.51. The van der Waals surface area contributed by atoms with E-state index in [1.807, 2.05) is 0 Å². The van der Waals surface area contributed by atoms with Crippen LogP contribution in [0.15, 0.2) is 0 Å². The number of hydrogen-bond acceptors (Lipinski definition) is 3. The first-order valence-electron chi connectivity index (χ1n) is 6.68. The zero-order valence-electron chi connectivity index (χ0n) is 11.0. The van der Waals surface area contributed by atoms with E-state index in [4.69, 9.17) is 10.5 Å². The Kier molecular flexibility index (Phi) is 7.01. The number of hydrogen-bond donors (Lipinski definition) is 1. The van der Waals surface area contributed by atoms with Gasteiger partial charge in [-0.1, -0.05) is 6.92 Å². The third-order valence-corrected chi connectivity index (χ3v) is 3.19. The molecule has 0 spiro atoms. The Hall–Kier alpha value is -0.120. The van der Waals surface area contributed by atoms with Gasteiger partial charge in [-0.05, 0) is 51.1 Å². The van der Waals surface area contributed by atoms with Crippen molar-refractivity contribution in [3.8, 4) is 0 Å². The van der Waals surface area contributed by atoms with Crippen molar-refractivity contribution in [3.63, 3.8) is 0 Å². The summed E-state index contributed by atoms with van der Waals surface area (Å²) in [6.07, 6.45) is 5.15. The number of likely N-dealkylation sites (N-methyl/N-ethyl adjacent to an activating group) is 1. The van der Waals surface area contributed by atoms with Crippen LogP contribution in [0.2, 0.25) is 0 Å². The molecule has 3 heteroatoms. The van der Waals surface area contributed by atoms with Gasteiger partial charge in [0.2, 0.25) is 0 Å². The lowest BCUT2D eigenvalue weighted by atomic mass is 10.1. The van der Waals surface area contributed by atoms with E-state index in [0.29, 0.717) is 0 Å². The average molecular weight is 228 g/mol. The minimum atomic E-state index is 0.747. The molecule has 0 radical (unpaired) electrons. The lowest BCUT2D eigenvalue weighted by Crippen LogP contribution is -2.28. The highest BCUT2D eigenvalue weighted by Crippen LogP contribution is 2.28. The number of nitrogens with two attached hydrogens (primary N) is 1. The first-order chi connectivity index (χ1) is 7.72. The normalized spacial score (nSPS) is 18.0. The fourth-order valence-electron chi connectivity index (χ4n) is 1.94. The van der Waals surface area contributed by atoms with Crippen molar-refractivity contribution in [1.29, 1.82) is 0 Å². The van der Waals surface area contributed by atoms with Crippen LogP contribution in [0.5, 0.6) is 0 Å². The van der Waals surface area contributed by atoms with Gasteiger partial charge in [0, 0.05) is 19.7 Å². The van der Waals surface area contributed by atoms with E-state index in [1.54, 1.807) is 0 Å². The van der Waals surface area contributed by atoms with E-state index in [1.165, 1.54) is 19.3 Å². The highest BCUT2D eigenvalue weighted by atomic mass is 16.5. The van der Waals surface area contributed by atoms with Crippen molar-refractivity contribution < 1.29 is 4.74 Å². The topological polar surface area (TPSA) is 38.5 Å². The summed E-state index contributed by atoms with van der Waals surface area (Å²) in [4.78, 5) is 2.37. The van der Waals surface area contributed by atoms with E-state index in [0.717, 1.165) is 51.1 Å². The van der Waals surface area contributed by atoms with Crippen LogP contribution < -0.4 is 5.73 Å². The largest absolute Gasteiger partial charge is 0.380 e. The number of rotatable bonds is 10. The summed E-state index contributed by atoms with van der Waals surface area (Å²) in [6.45, 7) is 7.20. The molecule has 0 amide bonds. The van der Waals surface area contributed by atoms with Crippen LogP contribution >= 0.6 is 0 Å². The van der Waals surface area contributed by atoms with E-state index in [9.17, 15) is 0 Å². The van der Waals surface area contributed by atoms with E-state index < -0.39 is 0 Å². The van der Waals surface area contributed by atoms with Gasteiger partial charge in [-0.3, -0.25) is 0 Å². The van der Waals surface area contributed by atoms with Crippen LogP contribution in [0.3, 0.4) is 0 Å². The lowest BCUT2D eigenvalue weighted by Gasteiger charge is -2.21. The summed E-state index contributed by atoms with van der Waals surface area (Å²) in [5, 5.41) is 0. The maximum atomic E-state index is 5.63. The molecule has 0 aromatic rings. The van der Waals surface area contributed by atoms with Crippen LogP contribution in [-0.2, 0) is 4.74 Å². The van der Waals surface area contributed by atoms with Crippen LogP contribution in [0.4, 0.5) is 0 Å². The van der Waals surface area contributed by atoms with Gasteiger partial charge in [0.05, 0.1) is 6.61 Å². The highest BCUT2D eigenvalue weighted by Gasteiger charge is 2.20. The highest BCUT2D eigenvalue weighted by molar-refractivity contribution is 4.72. The summed E-state index contributed by atoms with van der Waals surface area (Å²) < 4.78 is 5.63. The minimum Gasteiger partial charge on any atom is -0.380 e. The SMILES string of the molecule is CC(CCCN)CN(C)CCOCC1CC1. The number of ether oxygens (including phenoxy) is 1. The quantitative estimate of drug-likeness (QED) is 0.579. The van der Waals surface area contributed by atoms with Crippen LogP contribution in [0, 0.1) is 11.8 Å². The predicted molar refractivity (Wildman–Crippen MR) is 68.5 cm³/mol. The van der Waals surface area contributed by atoms with Crippen LogP contribution in [-0.4, -0.2) is 44.8 Å². The Bertz CT molecular complexity index is 171. The molecule has 1 atom stereocenters. The van der Waals surface area contributed by atoms with Crippen molar-refractivity contribution in [2.75, 3.05) is 39.9 Å². The average Bonchev–Trinajstić information content (AvgIpc) is 3.05. The smallest absolute Gasteiger partial charge is 0.0593 e. The molecule has 1 saturated carbocycles. The first-order valence-corrected chi connectivity index (χ1v) is 6.68. The second-order valence-electron chi connectivity index (χ2n) is 5.32. The molecule has 96 valence electrons. The molecule has 3 nitrogen and oxygen atoms in total. The maximum absolute atomic E-state index is 5.63. The van der Waals surface area contributed by atoms with E-state index in [-0.39, 0.29) is 0 Å². The molecule has 0 aliphatic heterocycles. The Morgan fingerprint density at radius 3 is 2.81 bits per heavy atom. The van der Waals surface area contributed by atoms with Gasteiger partial charge in [-0.25, -0.2) is 0 Å². The Morgan fingerprint density at radius 1 is 1.44 bits per heavy atom. The molecular formula is C13H28N2O. The van der Waals surface area contributed by atoms with Gasteiger partial charge in [0.15, 0.2) is 0 Å². The standard InChI is InChI=1S/C13H28N2O/c1-12(4-3-7-14)10-15(2)8-9-16-11-13-5-6-13/h12-13H,3-11,14H2,1-2H3. The summed E-state index contributed by atoms with van der Waals surface area (Å²) >= 11 is 0. The van der Waals surface area contributed by atoms with Gasteiger partial charge in [-0.15, -0.1) is 0 Å². The van der Waals surface area contributed by atoms with Crippen molar-refractivity contribution in [2.24, 2.45) is 17.6 Å². The Labute approximate surface area is 100 Å². The molecule has 16 heavy (non-hydrogen) atoms. The summed E-state index contributed by atoms with van der Waals surface area (Å²) in [7, 11) is 2.18. The van der Waals surface area contributed by atoms with Crippen molar-refractivity contribution >= 4 is 0 Å². The first kappa shape index (κ1) is 13.9. The zero-order chi connectivity index (χ0) is 11.8. The summed E-state index contributed by atoms with van der Waals surface area (Å²) in [6, 6.07) is 0. The van der Waals surface area contributed by atoms with Crippen molar-refractivity contribution in [1.82, 2.24) is 4.90 Å². The molecule has 2 N–H and O–H groups in total. The monoisotopic (exact) mass is 228 g/mol. The number of nitrogens with zero attached hydrogens (tertiary/aromatic N) is 1. The molecule has 1 fully saturated rings. The molecule has 0 bridgehead atoms. The second-order valence-corrected chi connectivity index (χ2v) is 5.32. The third-order valence-electron chi connectivity index (χ3n) is 3.19. The molecule has 1 unspecified atom stereocenters. The third kappa shape index (κ3) is 7.20. The predicted octanol–water partition coefficient (Wildman–Crippen LogP) is 1.72. The van der Waals surface area contributed by atoms with Gasteiger partial charge >= 0.3 is 0 Å². The molecular weight excluding hydrogens is 200 g/mol. The van der Waals surface area contributed by atoms with E-state index >= 15 is 0 Å². The summed E-state index contributed by atoms with van der Waals surface area (Å²) in [5.74, 6) is 1.63. The molecule has 0 aromatic heterocycles. The van der Waals surface area contributed by atoms with Crippen molar-refractivity contribution in [2.45, 2.75) is 32.6 Å². The fraction of sp³-hybridized carbons (Fsp3) is 1.00. The zero-order valence-corrected chi connectivity index (χ0v) is 11.0. The Morgan fingerprint density at radius 2 is 2.19 bits per heavy atom. The van der Waals surface area contributed by atoms with Crippen molar-refractivity contribution in [3.05, 3.63) is 0 Å². The Balaban J connectivity index is 1.89. The molecule has 0 heterocycles. The van der Waals surface area contributed by atoms with E-state index in [2.05, 4.69) is 18.9 Å². The van der Waals surface area contributed by atoms with Gasteiger partial charge in [0.1, 0.15) is 0 Å². The van der Waals surface area contributed by atoms with Gasteiger partial charge < -0.3 is 15.4 Å². The fourth-order valence-corrected chi connectivity index (χ4v) is 1.94. The minimum absolute atomic E-state index is 0.747. The molecule has 1 rings (SSSR count). The van der Waals surface area contributed by atoms with Crippen LogP contribution in [0.25, 0.3) is 0 Å². The van der Waals surface area contributed by atoms with Crippen LogP contribution in [0.1, 0.15) is 32.6 Å². The van der Waals surface area contributed by atoms with Gasteiger partial charge in [0.25, 0.3) is 0 Å². The molecule has 0 aromatic carbocycles.